The Morgan fingerprint density at radius 2 is 1.33 bits per heavy atom. The molecule has 7 heteroatoms. The first-order chi connectivity index (χ1) is 20.2. The van der Waals surface area contributed by atoms with Crippen LogP contribution in [0.2, 0.25) is 0 Å². The van der Waals surface area contributed by atoms with Crippen molar-refractivity contribution in [2.75, 3.05) is 19.6 Å². The predicted octanol–water partition coefficient (Wildman–Crippen LogP) is 7.29. The molecule has 0 spiro atoms. The zero-order valence-corrected chi connectivity index (χ0v) is 25.2. The van der Waals surface area contributed by atoms with E-state index >= 15 is 0 Å². The molecule has 42 heavy (non-hydrogen) atoms. The van der Waals surface area contributed by atoms with Crippen LogP contribution in [-0.2, 0) is 14.3 Å². The Labute approximate surface area is 254 Å². The number of carboxylic acid groups (broad SMARTS) is 2. The lowest BCUT2D eigenvalue weighted by Crippen LogP contribution is -2.38. The maximum absolute atomic E-state index is 9.55. The number of likely N-dealkylation sites (tertiary alicyclic amines) is 1. The first kappa shape index (κ1) is 32.9. The van der Waals surface area contributed by atoms with Crippen LogP contribution in [0.1, 0.15) is 73.8 Å². The number of ether oxygens (including phenoxy) is 1. The summed E-state index contributed by atoms with van der Waals surface area (Å²) in [5, 5.41) is 15.6. The summed E-state index contributed by atoms with van der Waals surface area (Å²) < 4.78 is 6.69. The summed E-state index contributed by atoms with van der Waals surface area (Å²) in [5.41, 5.74) is 5.04. The highest BCUT2D eigenvalue weighted by molar-refractivity contribution is 7.80. The van der Waals surface area contributed by atoms with Gasteiger partial charge in [0, 0.05) is 30.1 Å². The number of nitrogens with zero attached hydrogens (tertiary/aromatic N) is 1. The Balaban J connectivity index is 0.000000531. The minimum atomic E-state index is -1.26. The van der Waals surface area contributed by atoms with Crippen molar-refractivity contribution in [3.05, 3.63) is 119 Å². The van der Waals surface area contributed by atoms with Crippen LogP contribution in [0.5, 0.6) is 0 Å². The van der Waals surface area contributed by atoms with Gasteiger partial charge in [-0.2, -0.15) is 0 Å². The number of piperidine rings is 1. The molecule has 4 rings (SSSR count). The van der Waals surface area contributed by atoms with Gasteiger partial charge in [0.1, 0.15) is 6.10 Å². The number of hydrogen-bond acceptors (Lipinski definition) is 5. The van der Waals surface area contributed by atoms with E-state index in [-0.39, 0.29) is 6.10 Å². The average molecular weight is 588 g/mol. The quantitative estimate of drug-likeness (QED) is 0.131. The van der Waals surface area contributed by atoms with Crippen molar-refractivity contribution >= 4 is 29.0 Å². The largest absolute Gasteiger partial charge is 0.478 e. The molecule has 1 saturated heterocycles. The van der Waals surface area contributed by atoms with Crippen molar-refractivity contribution in [1.29, 1.82) is 0 Å². The van der Waals surface area contributed by atoms with Gasteiger partial charge in [0.05, 0.1) is 6.10 Å². The molecule has 0 atom stereocenters. The van der Waals surface area contributed by atoms with E-state index in [1.807, 2.05) is 0 Å². The van der Waals surface area contributed by atoms with Crippen LogP contribution >= 0.6 is 12.2 Å². The first-order valence-electron chi connectivity index (χ1n) is 14.5. The average Bonchev–Trinajstić information content (AvgIpc) is 3.00. The van der Waals surface area contributed by atoms with Gasteiger partial charge in [-0.25, -0.2) is 9.59 Å². The van der Waals surface area contributed by atoms with E-state index in [9.17, 15) is 9.59 Å². The van der Waals surface area contributed by atoms with Gasteiger partial charge < -0.3 is 19.8 Å². The van der Waals surface area contributed by atoms with E-state index in [1.165, 1.54) is 22.3 Å². The summed E-state index contributed by atoms with van der Waals surface area (Å²) in [6.07, 6.45) is 5.67. The van der Waals surface area contributed by atoms with Crippen LogP contribution in [0.4, 0.5) is 0 Å². The lowest BCUT2D eigenvalue weighted by molar-refractivity contribution is -0.134. The Hall–Kier alpha value is -3.65. The normalized spacial score (nSPS) is 14.1. The smallest absolute Gasteiger partial charge is 0.328 e. The third kappa shape index (κ3) is 11.3. The van der Waals surface area contributed by atoms with E-state index in [0.29, 0.717) is 24.2 Å². The zero-order chi connectivity index (χ0) is 30.3. The van der Waals surface area contributed by atoms with Gasteiger partial charge in [-0.3, -0.25) is 0 Å². The summed E-state index contributed by atoms with van der Waals surface area (Å²) in [7, 11) is 0. The van der Waals surface area contributed by atoms with Crippen molar-refractivity contribution < 1.29 is 24.5 Å². The van der Waals surface area contributed by atoms with Crippen LogP contribution in [0, 0.1) is 0 Å². The highest BCUT2D eigenvalue weighted by Crippen LogP contribution is 2.30. The Morgan fingerprint density at radius 1 is 0.833 bits per heavy atom. The second-order valence-electron chi connectivity index (χ2n) is 10.7. The van der Waals surface area contributed by atoms with Gasteiger partial charge in [0.15, 0.2) is 0 Å². The molecule has 2 N–H and O–H groups in total. The van der Waals surface area contributed by atoms with Gasteiger partial charge >= 0.3 is 11.9 Å². The number of carbonyl (C=O) groups is 2. The summed E-state index contributed by atoms with van der Waals surface area (Å²) >= 11 is 5.72. The summed E-state index contributed by atoms with van der Waals surface area (Å²) in [6, 6.07) is 30.0. The highest BCUT2D eigenvalue weighted by atomic mass is 32.1. The summed E-state index contributed by atoms with van der Waals surface area (Å²) in [6.45, 7) is 7.75. The highest BCUT2D eigenvalue weighted by Gasteiger charge is 2.24. The van der Waals surface area contributed by atoms with E-state index < -0.39 is 11.9 Å². The molecule has 0 amide bonds. The van der Waals surface area contributed by atoms with Gasteiger partial charge in [0.25, 0.3) is 0 Å². The van der Waals surface area contributed by atoms with Crippen molar-refractivity contribution in [3.63, 3.8) is 0 Å². The van der Waals surface area contributed by atoms with Gasteiger partial charge in [0.2, 0.25) is 0 Å². The number of thiocarbonyl (C=S) groups is 1. The molecular weight excluding hydrogens is 546 g/mol. The molecule has 3 aromatic rings. The van der Waals surface area contributed by atoms with Gasteiger partial charge in [-0.15, -0.1) is 0 Å². The van der Waals surface area contributed by atoms with Crippen molar-refractivity contribution in [2.24, 2.45) is 0 Å². The van der Waals surface area contributed by atoms with Crippen molar-refractivity contribution in [3.8, 4) is 0 Å². The first-order valence-corrected chi connectivity index (χ1v) is 14.9. The molecule has 0 aromatic heterocycles. The molecule has 0 saturated carbocycles. The third-order valence-corrected chi connectivity index (χ3v) is 7.65. The number of carboxylic acids is 2. The maximum atomic E-state index is 9.55. The zero-order valence-electron chi connectivity index (χ0n) is 24.4. The van der Waals surface area contributed by atoms with E-state index in [4.69, 9.17) is 27.2 Å². The molecule has 1 fully saturated rings. The van der Waals surface area contributed by atoms with Crippen molar-refractivity contribution in [1.82, 2.24) is 4.90 Å². The molecule has 0 bridgehead atoms. The van der Waals surface area contributed by atoms with Gasteiger partial charge in [-0.1, -0.05) is 111 Å². The molecule has 0 unspecified atom stereocenters. The lowest BCUT2D eigenvalue weighted by atomic mass is 9.99. The summed E-state index contributed by atoms with van der Waals surface area (Å²) in [4.78, 5) is 22.8. The van der Waals surface area contributed by atoms with E-state index in [2.05, 4.69) is 104 Å². The monoisotopic (exact) mass is 587 g/mol. The minimum Gasteiger partial charge on any atom is -0.478 e. The molecule has 6 nitrogen and oxygen atoms in total. The Bertz CT molecular complexity index is 1230. The van der Waals surface area contributed by atoms with E-state index in [1.54, 1.807) is 0 Å². The maximum Gasteiger partial charge on any atom is 0.328 e. The molecule has 222 valence electrons. The van der Waals surface area contributed by atoms with Crippen LogP contribution in [-0.4, -0.2) is 57.7 Å². The molecule has 1 aliphatic rings. The molecule has 0 aliphatic carbocycles. The number of benzene rings is 3. The van der Waals surface area contributed by atoms with E-state index in [0.717, 1.165) is 50.2 Å². The molecule has 0 radical (unpaired) electrons. The summed E-state index contributed by atoms with van der Waals surface area (Å²) in [5.74, 6) is -1.95. The van der Waals surface area contributed by atoms with Crippen LogP contribution in [0.15, 0.2) is 97.1 Å². The fraction of sp³-hybridized carbons (Fsp3) is 0.343. The third-order valence-electron chi connectivity index (χ3n) is 7.21. The fourth-order valence-corrected chi connectivity index (χ4v) is 5.15. The Kier molecular flexibility index (Phi) is 13.6. The van der Waals surface area contributed by atoms with Crippen LogP contribution < -0.4 is 0 Å². The molecule has 1 heterocycles. The molecular formula is C35H41NO5S. The second-order valence-corrected chi connectivity index (χ2v) is 11.2. The molecule has 3 aromatic carbocycles. The predicted molar refractivity (Wildman–Crippen MR) is 171 cm³/mol. The van der Waals surface area contributed by atoms with Crippen LogP contribution in [0.25, 0.3) is 0 Å². The Morgan fingerprint density at radius 3 is 1.79 bits per heavy atom. The molecule has 1 aliphatic heterocycles. The second kappa shape index (κ2) is 17.3. The minimum absolute atomic E-state index is 0.00147. The number of rotatable bonds is 12. The topological polar surface area (TPSA) is 87.1 Å². The standard InChI is InChI=1S/C31H37NOS.C4H4O4/c1-24(2)25-15-17-26(18-16-25)30(34)14-9-21-32-22-19-29(20-23-32)33-31(27-10-5-3-6-11-27)28-12-7-4-8-13-28;5-3(6)1-2-4(7)8/h3-8,10-13,15-18,24,29,31H,9,14,19-23H2,1-2H3;1-2H,(H,5,6)(H,7,8)/b;2-1+. The van der Waals surface area contributed by atoms with Gasteiger partial charge in [-0.05, 0) is 60.4 Å². The van der Waals surface area contributed by atoms with Crippen LogP contribution in [0.3, 0.4) is 0 Å². The SMILES string of the molecule is CC(C)c1ccc(C(=S)CCCN2CCC(OC(c3ccccc3)c3ccccc3)CC2)cc1.O=C(O)/C=C/C(=O)O. The fourth-order valence-electron chi connectivity index (χ4n) is 4.87. The lowest BCUT2D eigenvalue weighted by Gasteiger charge is -2.34. The van der Waals surface area contributed by atoms with Crippen molar-refractivity contribution in [2.45, 2.75) is 57.7 Å². The number of aliphatic carboxylic acids is 2. The number of hydrogen-bond donors (Lipinski definition) is 2.